The number of aliphatic hydroxyl groups is 1. The second-order valence-electron chi connectivity index (χ2n) is 5.32. The summed E-state index contributed by atoms with van der Waals surface area (Å²) in [7, 11) is 1.58. The van der Waals surface area contributed by atoms with Crippen molar-refractivity contribution in [1.29, 1.82) is 0 Å². The van der Waals surface area contributed by atoms with Crippen LogP contribution < -0.4 is 4.74 Å². The molecule has 5 atom stereocenters. The molecule has 19 heavy (non-hydrogen) atoms. The van der Waals surface area contributed by atoms with E-state index < -0.39 is 6.10 Å². The molecular weight excluding hydrogens is 264 g/mol. The Kier molecular flexibility index (Phi) is 4.39. The summed E-state index contributed by atoms with van der Waals surface area (Å²) >= 11 is 6.11. The van der Waals surface area contributed by atoms with E-state index in [2.05, 4.69) is 13.8 Å². The third kappa shape index (κ3) is 2.73. The van der Waals surface area contributed by atoms with Gasteiger partial charge in [0.15, 0.2) is 0 Å². The average Bonchev–Trinajstić information content (AvgIpc) is 2.62. The normalized spacial score (nSPS) is 32.3. The maximum absolute atomic E-state index is 10.6. The molecule has 1 aliphatic heterocycles. The van der Waals surface area contributed by atoms with Crippen molar-refractivity contribution in [3.8, 4) is 5.75 Å². The molecule has 1 fully saturated rings. The van der Waals surface area contributed by atoms with Crippen molar-refractivity contribution in [3.05, 3.63) is 28.8 Å². The van der Waals surface area contributed by atoms with Crippen LogP contribution in [-0.4, -0.2) is 24.4 Å². The smallest absolute Gasteiger partial charge is 0.137 e. The lowest BCUT2D eigenvalue weighted by Crippen LogP contribution is -2.25. The van der Waals surface area contributed by atoms with E-state index in [-0.39, 0.29) is 18.1 Å². The molecular formula is C15H21ClO3. The maximum atomic E-state index is 10.6. The third-order valence-corrected chi connectivity index (χ3v) is 4.50. The molecule has 1 N–H and O–H groups in total. The molecule has 1 aromatic rings. The molecule has 1 aliphatic rings. The Hall–Kier alpha value is -0.770. The number of halogens is 1. The van der Waals surface area contributed by atoms with Gasteiger partial charge in [0.1, 0.15) is 5.75 Å². The van der Waals surface area contributed by atoms with E-state index in [0.717, 1.165) is 5.56 Å². The van der Waals surface area contributed by atoms with E-state index in [9.17, 15) is 5.11 Å². The van der Waals surface area contributed by atoms with Crippen molar-refractivity contribution < 1.29 is 14.6 Å². The predicted molar refractivity (Wildman–Crippen MR) is 75.6 cm³/mol. The SMILES string of the molecule is COc1ccc(C(O)C2C(C)OC(C)C2C)cc1Cl. The van der Waals surface area contributed by atoms with Gasteiger partial charge in [-0.1, -0.05) is 24.6 Å². The average molecular weight is 285 g/mol. The first-order chi connectivity index (χ1) is 8.95. The standard InChI is InChI=1S/C15H21ClO3/c1-8-9(2)19-10(3)14(8)15(17)11-5-6-13(18-4)12(16)7-11/h5-10,14-15,17H,1-4H3. The Bertz CT molecular complexity index is 449. The second-order valence-corrected chi connectivity index (χ2v) is 5.73. The fraction of sp³-hybridized carbons (Fsp3) is 0.600. The number of benzene rings is 1. The van der Waals surface area contributed by atoms with Crippen LogP contribution in [0.4, 0.5) is 0 Å². The summed E-state index contributed by atoms with van der Waals surface area (Å²) in [5.74, 6) is 1.01. The van der Waals surface area contributed by atoms with Crippen molar-refractivity contribution in [1.82, 2.24) is 0 Å². The highest BCUT2D eigenvalue weighted by Crippen LogP contribution is 2.41. The molecule has 0 radical (unpaired) electrons. The van der Waals surface area contributed by atoms with Gasteiger partial charge in [0, 0.05) is 5.92 Å². The van der Waals surface area contributed by atoms with Crippen LogP contribution in [0, 0.1) is 11.8 Å². The number of rotatable bonds is 3. The van der Waals surface area contributed by atoms with E-state index in [1.54, 1.807) is 19.2 Å². The predicted octanol–water partition coefficient (Wildman–Crippen LogP) is 3.44. The Morgan fingerprint density at radius 1 is 1.26 bits per heavy atom. The van der Waals surface area contributed by atoms with Gasteiger partial charge >= 0.3 is 0 Å². The largest absolute Gasteiger partial charge is 0.495 e. The molecule has 0 spiro atoms. The van der Waals surface area contributed by atoms with Gasteiger partial charge in [-0.3, -0.25) is 0 Å². The Labute approximate surface area is 119 Å². The molecule has 0 aliphatic carbocycles. The molecule has 0 aromatic heterocycles. The van der Waals surface area contributed by atoms with Crippen molar-refractivity contribution in [3.63, 3.8) is 0 Å². The summed E-state index contributed by atoms with van der Waals surface area (Å²) in [6.45, 7) is 6.18. The summed E-state index contributed by atoms with van der Waals surface area (Å²) in [5.41, 5.74) is 0.812. The minimum absolute atomic E-state index is 0.0425. The lowest BCUT2D eigenvalue weighted by atomic mass is 9.82. The monoisotopic (exact) mass is 284 g/mol. The van der Waals surface area contributed by atoms with Crippen molar-refractivity contribution in [2.45, 2.75) is 39.1 Å². The topological polar surface area (TPSA) is 38.7 Å². The molecule has 4 heteroatoms. The minimum Gasteiger partial charge on any atom is -0.495 e. The molecule has 3 nitrogen and oxygen atoms in total. The molecule has 1 aromatic carbocycles. The first kappa shape index (κ1) is 14.6. The van der Waals surface area contributed by atoms with Gasteiger partial charge in [0.05, 0.1) is 30.4 Å². The number of methoxy groups -OCH3 is 1. The molecule has 1 saturated heterocycles. The van der Waals surface area contributed by atoms with Crippen LogP contribution >= 0.6 is 11.6 Å². The zero-order valence-electron chi connectivity index (χ0n) is 11.8. The Balaban J connectivity index is 2.24. The Morgan fingerprint density at radius 2 is 1.95 bits per heavy atom. The lowest BCUT2D eigenvalue weighted by molar-refractivity contribution is 0.0231. The van der Waals surface area contributed by atoms with Crippen LogP contribution in [0.25, 0.3) is 0 Å². The summed E-state index contributed by atoms with van der Waals surface area (Å²) in [6, 6.07) is 5.42. The van der Waals surface area contributed by atoms with Gasteiger partial charge in [-0.15, -0.1) is 0 Å². The van der Waals surface area contributed by atoms with E-state index in [1.807, 2.05) is 13.0 Å². The first-order valence-electron chi connectivity index (χ1n) is 6.62. The van der Waals surface area contributed by atoms with Gasteiger partial charge in [0.25, 0.3) is 0 Å². The first-order valence-corrected chi connectivity index (χ1v) is 7.00. The maximum Gasteiger partial charge on any atom is 0.137 e. The van der Waals surface area contributed by atoms with E-state index >= 15 is 0 Å². The van der Waals surface area contributed by atoms with Crippen molar-refractivity contribution in [2.24, 2.45) is 11.8 Å². The van der Waals surface area contributed by atoms with Gasteiger partial charge in [-0.25, -0.2) is 0 Å². The van der Waals surface area contributed by atoms with E-state index in [4.69, 9.17) is 21.1 Å². The summed E-state index contributed by atoms with van der Waals surface area (Å²) in [5, 5.41) is 11.1. The van der Waals surface area contributed by atoms with Crippen LogP contribution in [0.2, 0.25) is 5.02 Å². The van der Waals surface area contributed by atoms with E-state index in [0.29, 0.717) is 16.7 Å². The zero-order chi connectivity index (χ0) is 14.2. The number of aliphatic hydroxyl groups excluding tert-OH is 1. The fourth-order valence-corrected chi connectivity index (χ4v) is 3.19. The van der Waals surface area contributed by atoms with Crippen LogP contribution in [0.5, 0.6) is 5.75 Å². The quantitative estimate of drug-likeness (QED) is 0.924. The van der Waals surface area contributed by atoms with Gasteiger partial charge < -0.3 is 14.6 Å². The highest BCUT2D eigenvalue weighted by Gasteiger charge is 2.41. The molecule has 0 bridgehead atoms. The summed E-state index contributed by atoms with van der Waals surface area (Å²) in [6.07, 6.45) is -0.359. The molecule has 2 rings (SSSR count). The van der Waals surface area contributed by atoms with Crippen LogP contribution in [0.1, 0.15) is 32.4 Å². The van der Waals surface area contributed by atoms with Gasteiger partial charge in [-0.05, 0) is 37.5 Å². The third-order valence-electron chi connectivity index (χ3n) is 4.20. The lowest BCUT2D eigenvalue weighted by Gasteiger charge is -2.25. The highest BCUT2D eigenvalue weighted by molar-refractivity contribution is 6.32. The van der Waals surface area contributed by atoms with Crippen LogP contribution in [-0.2, 0) is 4.74 Å². The minimum atomic E-state index is -0.571. The molecule has 0 saturated carbocycles. The molecule has 0 amide bonds. The second kappa shape index (κ2) is 5.70. The number of hydrogen-bond donors (Lipinski definition) is 1. The number of ether oxygens (including phenoxy) is 2. The van der Waals surface area contributed by atoms with Gasteiger partial charge in [0.2, 0.25) is 0 Å². The highest BCUT2D eigenvalue weighted by atomic mass is 35.5. The zero-order valence-corrected chi connectivity index (χ0v) is 12.5. The molecule has 106 valence electrons. The van der Waals surface area contributed by atoms with Crippen LogP contribution in [0.15, 0.2) is 18.2 Å². The fourth-order valence-electron chi connectivity index (χ4n) is 2.93. The number of hydrogen-bond acceptors (Lipinski definition) is 3. The van der Waals surface area contributed by atoms with Crippen molar-refractivity contribution >= 4 is 11.6 Å². The summed E-state index contributed by atoms with van der Waals surface area (Å²) in [4.78, 5) is 0. The molecule has 1 heterocycles. The van der Waals surface area contributed by atoms with Gasteiger partial charge in [-0.2, -0.15) is 0 Å². The summed E-state index contributed by atoms with van der Waals surface area (Å²) < 4.78 is 10.9. The van der Waals surface area contributed by atoms with Crippen molar-refractivity contribution in [2.75, 3.05) is 7.11 Å². The van der Waals surface area contributed by atoms with Crippen LogP contribution in [0.3, 0.4) is 0 Å². The Morgan fingerprint density at radius 3 is 2.42 bits per heavy atom. The molecule has 5 unspecified atom stereocenters. The van der Waals surface area contributed by atoms with E-state index in [1.165, 1.54) is 0 Å².